The monoisotopic (exact) mass is 247 g/mol. The molecule has 0 saturated carbocycles. The molecule has 1 aromatic carbocycles. The lowest BCUT2D eigenvalue weighted by Crippen LogP contribution is -2.22. The van der Waals surface area contributed by atoms with Gasteiger partial charge in [-0.05, 0) is 36.8 Å². The van der Waals surface area contributed by atoms with Gasteiger partial charge in [-0.3, -0.25) is 4.79 Å². The molecular weight excluding hydrogens is 226 g/mol. The van der Waals surface area contributed by atoms with Crippen LogP contribution in [0.5, 0.6) is 0 Å². The molecule has 3 heteroatoms. The van der Waals surface area contributed by atoms with Gasteiger partial charge >= 0.3 is 0 Å². The van der Waals surface area contributed by atoms with Crippen molar-refractivity contribution in [3.63, 3.8) is 0 Å². The number of ether oxygens (including phenoxy) is 1. The van der Waals surface area contributed by atoms with E-state index in [0.29, 0.717) is 12.3 Å². The predicted molar refractivity (Wildman–Crippen MR) is 72.6 cm³/mol. The average Bonchev–Trinajstić information content (AvgIpc) is 2.40. The SMILES string of the molecule is CCc1ccccc1NC(=O)CC1CCOCC1. The zero-order valence-electron chi connectivity index (χ0n) is 10.9. The summed E-state index contributed by atoms with van der Waals surface area (Å²) in [7, 11) is 0. The van der Waals surface area contributed by atoms with Crippen LogP contribution in [0.2, 0.25) is 0 Å². The van der Waals surface area contributed by atoms with Gasteiger partial charge < -0.3 is 10.1 Å². The molecule has 2 rings (SSSR count). The number of hydrogen-bond donors (Lipinski definition) is 1. The molecular formula is C15H21NO2. The minimum absolute atomic E-state index is 0.128. The quantitative estimate of drug-likeness (QED) is 0.888. The number of nitrogens with one attached hydrogen (secondary N) is 1. The summed E-state index contributed by atoms with van der Waals surface area (Å²) in [4.78, 5) is 12.0. The van der Waals surface area contributed by atoms with Crippen LogP contribution in [0, 0.1) is 5.92 Å². The van der Waals surface area contributed by atoms with Crippen molar-refractivity contribution in [2.45, 2.75) is 32.6 Å². The van der Waals surface area contributed by atoms with E-state index in [1.54, 1.807) is 0 Å². The molecule has 0 radical (unpaired) electrons. The first kappa shape index (κ1) is 13.1. The number of amides is 1. The Bertz CT molecular complexity index is 397. The second kappa shape index (κ2) is 6.55. The second-order valence-electron chi connectivity index (χ2n) is 4.82. The Morgan fingerprint density at radius 3 is 2.78 bits per heavy atom. The van der Waals surface area contributed by atoms with E-state index in [0.717, 1.165) is 38.2 Å². The van der Waals surface area contributed by atoms with E-state index < -0.39 is 0 Å². The highest BCUT2D eigenvalue weighted by Crippen LogP contribution is 2.20. The molecule has 18 heavy (non-hydrogen) atoms. The highest BCUT2D eigenvalue weighted by molar-refractivity contribution is 5.91. The summed E-state index contributed by atoms with van der Waals surface area (Å²) in [6, 6.07) is 8.00. The van der Waals surface area contributed by atoms with Crippen LogP contribution in [0.3, 0.4) is 0 Å². The van der Waals surface area contributed by atoms with Gasteiger partial charge in [0.1, 0.15) is 0 Å². The first-order chi connectivity index (χ1) is 8.79. The standard InChI is InChI=1S/C15H21NO2/c1-2-13-5-3-4-6-14(13)16-15(17)11-12-7-9-18-10-8-12/h3-6,12H,2,7-11H2,1H3,(H,16,17). The normalized spacial score (nSPS) is 16.5. The van der Waals surface area contributed by atoms with Gasteiger partial charge in [0.15, 0.2) is 0 Å². The molecule has 0 spiro atoms. The van der Waals surface area contributed by atoms with E-state index in [2.05, 4.69) is 18.3 Å². The average molecular weight is 247 g/mol. The van der Waals surface area contributed by atoms with Crippen LogP contribution in [0.25, 0.3) is 0 Å². The van der Waals surface area contributed by atoms with E-state index in [4.69, 9.17) is 4.74 Å². The van der Waals surface area contributed by atoms with Crippen molar-refractivity contribution in [3.05, 3.63) is 29.8 Å². The number of carbonyl (C=O) groups excluding carboxylic acids is 1. The largest absolute Gasteiger partial charge is 0.381 e. The molecule has 3 nitrogen and oxygen atoms in total. The third kappa shape index (κ3) is 3.57. The Kier molecular flexibility index (Phi) is 4.76. The number of benzene rings is 1. The smallest absolute Gasteiger partial charge is 0.224 e. The number of anilines is 1. The maximum absolute atomic E-state index is 12.0. The van der Waals surface area contributed by atoms with Gasteiger partial charge in [-0.15, -0.1) is 0 Å². The minimum atomic E-state index is 0.128. The van der Waals surface area contributed by atoms with Crippen LogP contribution < -0.4 is 5.32 Å². The van der Waals surface area contributed by atoms with Crippen molar-refractivity contribution >= 4 is 11.6 Å². The molecule has 1 amide bonds. The zero-order chi connectivity index (χ0) is 12.8. The molecule has 0 unspecified atom stereocenters. The van der Waals surface area contributed by atoms with Crippen molar-refractivity contribution < 1.29 is 9.53 Å². The highest BCUT2D eigenvalue weighted by Gasteiger charge is 2.17. The topological polar surface area (TPSA) is 38.3 Å². The van der Waals surface area contributed by atoms with Gasteiger partial charge in [-0.2, -0.15) is 0 Å². The summed E-state index contributed by atoms with van der Waals surface area (Å²) in [5.41, 5.74) is 2.15. The predicted octanol–water partition coefficient (Wildman–Crippen LogP) is 3.00. The molecule has 1 aliphatic rings. The van der Waals surface area contributed by atoms with Crippen LogP contribution in [-0.2, 0) is 16.0 Å². The van der Waals surface area contributed by atoms with Crippen molar-refractivity contribution in [2.24, 2.45) is 5.92 Å². The maximum atomic E-state index is 12.0. The number of rotatable bonds is 4. The summed E-state index contributed by atoms with van der Waals surface area (Å²) in [5, 5.41) is 3.03. The molecule has 1 N–H and O–H groups in total. The molecule has 1 aliphatic heterocycles. The molecule has 98 valence electrons. The number of para-hydroxylation sites is 1. The van der Waals surface area contributed by atoms with E-state index in [1.165, 1.54) is 5.56 Å². The summed E-state index contributed by atoms with van der Waals surface area (Å²) in [6.45, 7) is 3.69. The lowest BCUT2D eigenvalue weighted by atomic mass is 9.96. The molecule has 0 aromatic heterocycles. The first-order valence-electron chi connectivity index (χ1n) is 6.75. The van der Waals surface area contributed by atoms with Crippen LogP contribution >= 0.6 is 0 Å². The molecule has 0 bridgehead atoms. The van der Waals surface area contributed by atoms with E-state index in [1.807, 2.05) is 18.2 Å². The van der Waals surface area contributed by atoms with Gasteiger partial charge in [0, 0.05) is 25.3 Å². The molecule has 1 saturated heterocycles. The summed E-state index contributed by atoms with van der Waals surface area (Å²) < 4.78 is 5.30. The number of carbonyl (C=O) groups is 1. The molecule has 1 fully saturated rings. The third-order valence-electron chi connectivity index (χ3n) is 3.49. The van der Waals surface area contributed by atoms with E-state index >= 15 is 0 Å². The van der Waals surface area contributed by atoms with Gasteiger partial charge in [0.25, 0.3) is 0 Å². The Morgan fingerprint density at radius 1 is 1.33 bits per heavy atom. The van der Waals surface area contributed by atoms with Crippen LogP contribution in [0.1, 0.15) is 31.7 Å². The number of hydrogen-bond acceptors (Lipinski definition) is 2. The Balaban J connectivity index is 1.90. The molecule has 1 heterocycles. The zero-order valence-corrected chi connectivity index (χ0v) is 10.9. The second-order valence-corrected chi connectivity index (χ2v) is 4.82. The maximum Gasteiger partial charge on any atom is 0.224 e. The molecule has 0 aliphatic carbocycles. The van der Waals surface area contributed by atoms with Crippen molar-refractivity contribution in [1.29, 1.82) is 0 Å². The highest BCUT2D eigenvalue weighted by atomic mass is 16.5. The Labute approximate surface area is 109 Å². The summed E-state index contributed by atoms with van der Waals surface area (Å²) >= 11 is 0. The van der Waals surface area contributed by atoms with Crippen LogP contribution in [-0.4, -0.2) is 19.1 Å². The fourth-order valence-electron chi connectivity index (χ4n) is 2.36. The van der Waals surface area contributed by atoms with Gasteiger partial charge in [-0.1, -0.05) is 25.1 Å². The summed E-state index contributed by atoms with van der Waals surface area (Å²) in [5.74, 6) is 0.607. The Hall–Kier alpha value is -1.35. The lowest BCUT2D eigenvalue weighted by Gasteiger charge is -2.21. The summed E-state index contributed by atoms with van der Waals surface area (Å²) in [6.07, 6.45) is 3.56. The fraction of sp³-hybridized carbons (Fsp3) is 0.533. The van der Waals surface area contributed by atoms with E-state index in [9.17, 15) is 4.79 Å². The van der Waals surface area contributed by atoms with Crippen molar-refractivity contribution in [3.8, 4) is 0 Å². The minimum Gasteiger partial charge on any atom is -0.381 e. The van der Waals surface area contributed by atoms with Crippen LogP contribution in [0.15, 0.2) is 24.3 Å². The molecule has 1 aromatic rings. The first-order valence-corrected chi connectivity index (χ1v) is 6.75. The number of aryl methyl sites for hydroxylation is 1. The fourth-order valence-corrected chi connectivity index (χ4v) is 2.36. The van der Waals surface area contributed by atoms with E-state index in [-0.39, 0.29) is 5.91 Å². The van der Waals surface area contributed by atoms with Crippen molar-refractivity contribution in [2.75, 3.05) is 18.5 Å². The van der Waals surface area contributed by atoms with Gasteiger partial charge in [0.2, 0.25) is 5.91 Å². The van der Waals surface area contributed by atoms with Crippen LogP contribution in [0.4, 0.5) is 5.69 Å². The lowest BCUT2D eigenvalue weighted by molar-refractivity contribution is -0.117. The Morgan fingerprint density at radius 2 is 2.06 bits per heavy atom. The van der Waals surface area contributed by atoms with Gasteiger partial charge in [-0.25, -0.2) is 0 Å². The van der Waals surface area contributed by atoms with Gasteiger partial charge in [0.05, 0.1) is 0 Å². The van der Waals surface area contributed by atoms with Crippen molar-refractivity contribution in [1.82, 2.24) is 0 Å². The third-order valence-corrected chi connectivity index (χ3v) is 3.49. The molecule has 0 atom stereocenters.